The van der Waals surface area contributed by atoms with Crippen LogP contribution in [0.3, 0.4) is 0 Å². The van der Waals surface area contributed by atoms with Crippen LogP contribution in [0, 0.1) is 6.92 Å². The van der Waals surface area contributed by atoms with E-state index >= 15 is 0 Å². The maximum Gasteiger partial charge on any atom is 0.200 e. The Morgan fingerprint density at radius 2 is 2.25 bits per heavy atom. The molecule has 0 fully saturated rings. The van der Waals surface area contributed by atoms with Gasteiger partial charge in [-0.1, -0.05) is 0 Å². The van der Waals surface area contributed by atoms with Crippen molar-refractivity contribution in [1.29, 1.82) is 0 Å². The van der Waals surface area contributed by atoms with Gasteiger partial charge in [0, 0.05) is 7.11 Å². The summed E-state index contributed by atoms with van der Waals surface area (Å²) >= 11 is 0. The van der Waals surface area contributed by atoms with Crippen LogP contribution >= 0.6 is 0 Å². The lowest BCUT2D eigenvalue weighted by Gasteiger charge is -2.16. The standard InChI is InChI=1S/C12H14N6O2/c1-8-3-4-10(20-8)9(7-19-2)13-11-5-6-12-14-16-17-18(12)15-11/h3-6,9H,7H2,1-2H3,(H,13,15)/t9-/m0/s1. The van der Waals surface area contributed by atoms with E-state index in [9.17, 15) is 0 Å². The second-order valence-corrected chi connectivity index (χ2v) is 4.35. The molecule has 0 bridgehead atoms. The van der Waals surface area contributed by atoms with Gasteiger partial charge in [-0.2, -0.15) is 0 Å². The normalized spacial score (nSPS) is 12.7. The van der Waals surface area contributed by atoms with Crippen LogP contribution in [0.25, 0.3) is 5.65 Å². The van der Waals surface area contributed by atoms with Crippen molar-refractivity contribution < 1.29 is 9.15 Å². The lowest BCUT2D eigenvalue weighted by Crippen LogP contribution is -2.17. The van der Waals surface area contributed by atoms with Crippen molar-refractivity contribution in [2.75, 3.05) is 19.0 Å². The Labute approximate surface area is 114 Å². The molecule has 0 amide bonds. The molecule has 1 atom stereocenters. The summed E-state index contributed by atoms with van der Waals surface area (Å²) in [6.07, 6.45) is 0. The highest BCUT2D eigenvalue weighted by atomic mass is 16.5. The molecule has 0 aliphatic heterocycles. The van der Waals surface area contributed by atoms with E-state index in [1.54, 1.807) is 13.2 Å². The van der Waals surface area contributed by atoms with Crippen molar-refractivity contribution in [3.05, 3.63) is 35.8 Å². The fourth-order valence-corrected chi connectivity index (χ4v) is 1.91. The lowest BCUT2D eigenvalue weighted by molar-refractivity contribution is 0.178. The van der Waals surface area contributed by atoms with E-state index in [4.69, 9.17) is 9.15 Å². The monoisotopic (exact) mass is 274 g/mol. The van der Waals surface area contributed by atoms with Gasteiger partial charge in [-0.3, -0.25) is 0 Å². The Kier molecular flexibility index (Phi) is 3.30. The number of furan rings is 1. The molecule has 0 unspecified atom stereocenters. The third-order valence-corrected chi connectivity index (χ3v) is 2.83. The third kappa shape index (κ3) is 2.45. The molecule has 0 radical (unpaired) electrons. The molecule has 0 aliphatic rings. The van der Waals surface area contributed by atoms with Gasteiger partial charge in [0.05, 0.1) is 6.61 Å². The van der Waals surface area contributed by atoms with E-state index < -0.39 is 0 Å². The van der Waals surface area contributed by atoms with Crippen LogP contribution in [0.5, 0.6) is 0 Å². The molecular formula is C12H14N6O2. The number of hydrogen-bond acceptors (Lipinski definition) is 7. The Hall–Kier alpha value is -2.48. The number of fused-ring (bicyclic) bond motifs is 1. The molecule has 3 aromatic heterocycles. The molecule has 104 valence electrons. The molecule has 0 spiro atoms. The van der Waals surface area contributed by atoms with Crippen LogP contribution in [0.4, 0.5) is 5.82 Å². The van der Waals surface area contributed by atoms with Crippen molar-refractivity contribution in [2.45, 2.75) is 13.0 Å². The van der Waals surface area contributed by atoms with Crippen molar-refractivity contribution in [2.24, 2.45) is 0 Å². The van der Waals surface area contributed by atoms with Crippen LogP contribution in [0.15, 0.2) is 28.7 Å². The highest BCUT2D eigenvalue weighted by molar-refractivity contribution is 5.43. The summed E-state index contributed by atoms with van der Waals surface area (Å²) in [6.45, 7) is 2.36. The quantitative estimate of drug-likeness (QED) is 0.748. The van der Waals surface area contributed by atoms with Gasteiger partial charge in [-0.25, -0.2) is 0 Å². The van der Waals surface area contributed by atoms with Crippen LogP contribution in [-0.4, -0.2) is 39.0 Å². The maximum absolute atomic E-state index is 5.63. The van der Waals surface area contributed by atoms with Crippen LogP contribution < -0.4 is 5.32 Å². The second kappa shape index (κ2) is 5.25. The Balaban J connectivity index is 1.85. The zero-order valence-corrected chi connectivity index (χ0v) is 11.1. The molecule has 0 aliphatic carbocycles. The van der Waals surface area contributed by atoms with E-state index in [0.717, 1.165) is 11.5 Å². The SMILES string of the molecule is COC[C@H](Nc1ccc2nnnn2n1)c1ccc(C)o1. The fourth-order valence-electron chi connectivity index (χ4n) is 1.91. The maximum atomic E-state index is 5.63. The average Bonchev–Trinajstić information content (AvgIpc) is 3.06. The van der Waals surface area contributed by atoms with Gasteiger partial charge in [0.2, 0.25) is 0 Å². The number of nitrogens with zero attached hydrogens (tertiary/aromatic N) is 5. The van der Waals surface area contributed by atoms with Crippen molar-refractivity contribution in [1.82, 2.24) is 25.3 Å². The largest absolute Gasteiger partial charge is 0.464 e. The molecule has 8 nitrogen and oxygen atoms in total. The minimum absolute atomic E-state index is 0.130. The molecular weight excluding hydrogens is 260 g/mol. The van der Waals surface area contributed by atoms with E-state index in [0.29, 0.717) is 18.1 Å². The number of hydrogen-bond donors (Lipinski definition) is 1. The number of tetrazole rings is 1. The highest BCUT2D eigenvalue weighted by Gasteiger charge is 2.16. The minimum atomic E-state index is -0.130. The van der Waals surface area contributed by atoms with Crippen LogP contribution in [0.2, 0.25) is 0 Å². The Bertz CT molecular complexity index is 707. The zero-order valence-electron chi connectivity index (χ0n) is 11.1. The summed E-state index contributed by atoms with van der Waals surface area (Å²) in [5, 5.41) is 18.6. The summed E-state index contributed by atoms with van der Waals surface area (Å²) in [7, 11) is 1.64. The molecule has 0 saturated heterocycles. The fraction of sp³-hybridized carbons (Fsp3) is 0.333. The third-order valence-electron chi connectivity index (χ3n) is 2.83. The summed E-state index contributed by atoms with van der Waals surface area (Å²) in [5.74, 6) is 2.29. The summed E-state index contributed by atoms with van der Waals surface area (Å²) in [5.41, 5.74) is 0.590. The first-order chi connectivity index (χ1) is 9.76. The van der Waals surface area contributed by atoms with Gasteiger partial charge in [0.15, 0.2) is 5.65 Å². The van der Waals surface area contributed by atoms with Gasteiger partial charge >= 0.3 is 0 Å². The van der Waals surface area contributed by atoms with Gasteiger partial charge in [-0.05, 0) is 41.6 Å². The summed E-state index contributed by atoms with van der Waals surface area (Å²) < 4.78 is 12.2. The van der Waals surface area contributed by atoms with Gasteiger partial charge < -0.3 is 14.5 Å². The Morgan fingerprint density at radius 3 is 3.00 bits per heavy atom. The molecule has 3 aromatic rings. The van der Waals surface area contributed by atoms with E-state index in [1.165, 1.54) is 4.63 Å². The predicted molar refractivity (Wildman–Crippen MR) is 70.3 cm³/mol. The van der Waals surface area contributed by atoms with E-state index in [-0.39, 0.29) is 6.04 Å². The number of anilines is 1. The molecule has 1 N–H and O–H groups in total. The molecule has 3 heterocycles. The smallest absolute Gasteiger partial charge is 0.200 e. The first-order valence-electron chi connectivity index (χ1n) is 6.13. The van der Waals surface area contributed by atoms with Gasteiger partial charge in [0.25, 0.3) is 0 Å². The minimum Gasteiger partial charge on any atom is -0.464 e. The molecule has 3 rings (SSSR count). The highest BCUT2D eigenvalue weighted by Crippen LogP contribution is 2.20. The molecule has 20 heavy (non-hydrogen) atoms. The van der Waals surface area contributed by atoms with E-state index in [1.807, 2.05) is 25.1 Å². The lowest BCUT2D eigenvalue weighted by atomic mass is 10.2. The summed E-state index contributed by atoms with van der Waals surface area (Å²) in [4.78, 5) is 0. The van der Waals surface area contributed by atoms with Crippen molar-refractivity contribution >= 4 is 11.5 Å². The number of aromatic nitrogens is 5. The predicted octanol–water partition coefficient (Wildman–Crippen LogP) is 1.22. The second-order valence-electron chi connectivity index (χ2n) is 4.35. The van der Waals surface area contributed by atoms with Crippen molar-refractivity contribution in [3.63, 3.8) is 0 Å². The Morgan fingerprint density at radius 1 is 1.35 bits per heavy atom. The number of rotatable bonds is 5. The van der Waals surface area contributed by atoms with Crippen LogP contribution in [0.1, 0.15) is 17.6 Å². The van der Waals surface area contributed by atoms with Crippen LogP contribution in [-0.2, 0) is 4.74 Å². The first-order valence-corrected chi connectivity index (χ1v) is 6.13. The first kappa shape index (κ1) is 12.5. The van der Waals surface area contributed by atoms with Gasteiger partial charge in [0.1, 0.15) is 23.4 Å². The molecule has 0 aromatic carbocycles. The topological polar surface area (TPSA) is 90.4 Å². The van der Waals surface area contributed by atoms with Crippen molar-refractivity contribution in [3.8, 4) is 0 Å². The zero-order chi connectivity index (χ0) is 13.9. The molecule has 0 saturated carbocycles. The average molecular weight is 274 g/mol. The number of methoxy groups -OCH3 is 1. The number of aryl methyl sites for hydroxylation is 1. The van der Waals surface area contributed by atoms with E-state index in [2.05, 4.69) is 25.9 Å². The summed E-state index contributed by atoms with van der Waals surface area (Å²) in [6, 6.07) is 7.30. The number of nitrogens with one attached hydrogen (secondary N) is 1. The molecule has 8 heteroatoms. The van der Waals surface area contributed by atoms with Gasteiger partial charge in [-0.15, -0.1) is 14.8 Å². The number of ether oxygens (including phenoxy) is 1.